The maximum Gasteiger partial charge on any atom is 0.306 e. The summed E-state index contributed by atoms with van der Waals surface area (Å²) < 4.78 is 6.07. The summed E-state index contributed by atoms with van der Waals surface area (Å²) in [6.45, 7) is 12.0. The van der Waals surface area contributed by atoms with Crippen molar-refractivity contribution in [3.05, 3.63) is 48.6 Å². The average Bonchev–Trinajstić information content (AvgIpc) is 3.09. The van der Waals surface area contributed by atoms with Crippen LogP contribution >= 0.6 is 0 Å². The van der Waals surface area contributed by atoms with Crippen LogP contribution in [0.3, 0.4) is 0 Å². The number of ether oxygens (including phenoxy) is 1. The lowest BCUT2D eigenvalue weighted by Crippen LogP contribution is -2.25. The fraction of sp³-hybridized carbons (Fsp3) is 0.800. The van der Waals surface area contributed by atoms with Gasteiger partial charge in [-0.05, 0) is 116 Å². The Balaban J connectivity index is 4.13. The molecule has 0 unspecified atom stereocenters. The lowest BCUT2D eigenvalue weighted by molar-refractivity contribution is -0.150. The zero-order valence-corrected chi connectivity index (χ0v) is 32.9. The number of hydrogen-bond acceptors (Lipinski definition) is 3. The van der Waals surface area contributed by atoms with Crippen molar-refractivity contribution in [2.24, 2.45) is 0 Å². The third-order valence-electron chi connectivity index (χ3n) is 9.50. The van der Waals surface area contributed by atoms with E-state index in [4.69, 9.17) is 4.74 Å². The van der Waals surface area contributed by atoms with E-state index in [1.807, 2.05) is 0 Å². The van der Waals surface area contributed by atoms with Crippen molar-refractivity contribution in [1.82, 2.24) is 4.90 Å². The molecule has 3 nitrogen and oxygen atoms in total. The van der Waals surface area contributed by atoms with Crippen LogP contribution in [-0.4, -0.2) is 36.6 Å². The number of carbonyl (C=O) groups is 1. The van der Waals surface area contributed by atoms with Gasteiger partial charge in [-0.15, -0.1) is 0 Å². The Bertz CT molecular complexity index is 715. The summed E-state index contributed by atoms with van der Waals surface area (Å²) in [5.41, 5.74) is 0. The quantitative estimate of drug-likeness (QED) is 0.0374. The van der Waals surface area contributed by atoms with Crippen molar-refractivity contribution < 1.29 is 9.53 Å². The van der Waals surface area contributed by atoms with Gasteiger partial charge in [0.05, 0.1) is 0 Å². The summed E-state index contributed by atoms with van der Waals surface area (Å²) in [6, 6.07) is 0. The molecular formula is C45H83NO2. The highest BCUT2D eigenvalue weighted by Gasteiger charge is 2.14. The molecule has 0 rings (SSSR count). The standard InChI is InChI=1S/C45H83NO2/c1-5-9-11-13-15-17-19-21-23-25-27-29-31-33-35-37-40-44(48-45(47)42-39-43-46(7-3)8-4)41-38-36-34-32-30-28-26-24-22-20-18-16-14-12-10-6-2/h15-18,21-24,44H,5-14,19-20,25-43H2,1-4H3. The lowest BCUT2D eigenvalue weighted by Gasteiger charge is -2.20. The topological polar surface area (TPSA) is 29.5 Å². The maximum absolute atomic E-state index is 12.7. The molecule has 280 valence electrons. The highest BCUT2D eigenvalue weighted by Crippen LogP contribution is 2.18. The summed E-state index contributed by atoms with van der Waals surface area (Å²) in [5, 5.41) is 0. The van der Waals surface area contributed by atoms with Crippen molar-refractivity contribution >= 4 is 5.97 Å². The first-order valence-electron chi connectivity index (χ1n) is 21.2. The molecule has 0 spiro atoms. The van der Waals surface area contributed by atoms with E-state index >= 15 is 0 Å². The maximum atomic E-state index is 12.7. The predicted molar refractivity (Wildman–Crippen MR) is 215 cm³/mol. The molecule has 3 heteroatoms. The summed E-state index contributed by atoms with van der Waals surface area (Å²) in [4.78, 5) is 15.1. The first-order chi connectivity index (χ1) is 23.7. The molecule has 48 heavy (non-hydrogen) atoms. The molecule has 0 atom stereocenters. The third-order valence-corrected chi connectivity index (χ3v) is 9.50. The molecule has 0 radical (unpaired) electrons. The number of unbranched alkanes of at least 4 members (excludes halogenated alkanes) is 18. The molecule has 0 aliphatic carbocycles. The Hall–Kier alpha value is -1.61. The Labute approximate surface area is 301 Å². The van der Waals surface area contributed by atoms with E-state index in [0.717, 1.165) is 51.7 Å². The summed E-state index contributed by atoms with van der Waals surface area (Å²) in [5.74, 6) is 0.0206. The van der Waals surface area contributed by atoms with Crippen LogP contribution in [0, 0.1) is 0 Å². The average molecular weight is 670 g/mol. The van der Waals surface area contributed by atoms with Crippen molar-refractivity contribution in [2.75, 3.05) is 19.6 Å². The molecule has 0 aliphatic rings. The highest BCUT2D eigenvalue weighted by molar-refractivity contribution is 5.69. The number of allylic oxidation sites excluding steroid dienone is 8. The van der Waals surface area contributed by atoms with Gasteiger partial charge >= 0.3 is 5.97 Å². The third kappa shape index (κ3) is 35.7. The van der Waals surface area contributed by atoms with Crippen molar-refractivity contribution in [2.45, 2.75) is 214 Å². The molecule has 0 aromatic rings. The summed E-state index contributed by atoms with van der Waals surface area (Å²) in [7, 11) is 0. The predicted octanol–water partition coefficient (Wildman–Crippen LogP) is 14.4. The minimum atomic E-state index is 0.0206. The molecule has 0 N–H and O–H groups in total. The second-order valence-corrected chi connectivity index (χ2v) is 14.0. The summed E-state index contributed by atoms with van der Waals surface area (Å²) in [6.07, 6.45) is 52.8. The number of esters is 1. The van der Waals surface area contributed by atoms with Crippen LogP contribution in [-0.2, 0) is 9.53 Å². The molecule has 0 bridgehead atoms. The SMILES string of the molecule is CCCCCC=CCC=CCCCCCCCCC(CCCCCCCCC=CCC=CCCCCC)OC(=O)CCCN(CC)CC. The van der Waals surface area contributed by atoms with E-state index in [1.165, 1.54) is 141 Å². The van der Waals surface area contributed by atoms with Gasteiger partial charge in [0.15, 0.2) is 0 Å². The van der Waals surface area contributed by atoms with Gasteiger partial charge < -0.3 is 9.64 Å². The van der Waals surface area contributed by atoms with Gasteiger partial charge in [-0.1, -0.05) is 153 Å². The minimum Gasteiger partial charge on any atom is -0.462 e. The van der Waals surface area contributed by atoms with E-state index in [1.54, 1.807) is 0 Å². The number of rotatable bonds is 37. The van der Waals surface area contributed by atoms with Crippen LogP contribution in [0.1, 0.15) is 207 Å². The van der Waals surface area contributed by atoms with E-state index in [9.17, 15) is 4.79 Å². The Kier molecular flexibility index (Phi) is 38.5. The molecule has 0 saturated heterocycles. The zero-order chi connectivity index (χ0) is 35.0. The smallest absolute Gasteiger partial charge is 0.306 e. The van der Waals surface area contributed by atoms with Gasteiger partial charge in [0.1, 0.15) is 6.10 Å². The van der Waals surface area contributed by atoms with Crippen molar-refractivity contribution in [3.63, 3.8) is 0 Å². The van der Waals surface area contributed by atoms with E-state index < -0.39 is 0 Å². The lowest BCUT2D eigenvalue weighted by atomic mass is 10.0. The van der Waals surface area contributed by atoms with Crippen LogP contribution in [0.5, 0.6) is 0 Å². The van der Waals surface area contributed by atoms with E-state index in [-0.39, 0.29) is 12.1 Å². The van der Waals surface area contributed by atoms with Crippen molar-refractivity contribution in [1.29, 1.82) is 0 Å². The van der Waals surface area contributed by atoms with E-state index in [0.29, 0.717) is 6.42 Å². The Morgan fingerprint density at radius 2 is 0.854 bits per heavy atom. The Morgan fingerprint density at radius 3 is 1.25 bits per heavy atom. The van der Waals surface area contributed by atoms with E-state index in [2.05, 4.69) is 81.2 Å². The molecule has 0 aromatic heterocycles. The largest absolute Gasteiger partial charge is 0.462 e. The van der Waals surface area contributed by atoms with Gasteiger partial charge in [0, 0.05) is 6.42 Å². The second kappa shape index (κ2) is 39.8. The number of carbonyl (C=O) groups excluding carboxylic acids is 1. The molecule has 0 heterocycles. The fourth-order valence-electron chi connectivity index (χ4n) is 6.21. The molecule has 0 aliphatic heterocycles. The van der Waals surface area contributed by atoms with Crippen LogP contribution in [0.25, 0.3) is 0 Å². The van der Waals surface area contributed by atoms with Crippen LogP contribution in [0.15, 0.2) is 48.6 Å². The molecular weight excluding hydrogens is 587 g/mol. The Morgan fingerprint density at radius 1 is 0.479 bits per heavy atom. The molecule has 0 aromatic carbocycles. The first-order valence-corrected chi connectivity index (χ1v) is 21.2. The number of nitrogens with zero attached hydrogens (tertiary/aromatic N) is 1. The van der Waals surface area contributed by atoms with Gasteiger partial charge in [0.2, 0.25) is 0 Å². The zero-order valence-electron chi connectivity index (χ0n) is 32.9. The number of hydrogen-bond donors (Lipinski definition) is 0. The molecule has 0 amide bonds. The first kappa shape index (κ1) is 46.4. The molecule has 0 saturated carbocycles. The van der Waals surface area contributed by atoms with Gasteiger partial charge in [-0.2, -0.15) is 0 Å². The second-order valence-electron chi connectivity index (χ2n) is 14.0. The van der Waals surface area contributed by atoms with Gasteiger partial charge in [0.25, 0.3) is 0 Å². The van der Waals surface area contributed by atoms with Crippen LogP contribution < -0.4 is 0 Å². The van der Waals surface area contributed by atoms with Crippen LogP contribution in [0.2, 0.25) is 0 Å². The normalized spacial score (nSPS) is 12.9. The summed E-state index contributed by atoms with van der Waals surface area (Å²) >= 11 is 0. The molecule has 0 fully saturated rings. The highest BCUT2D eigenvalue weighted by atomic mass is 16.5. The van der Waals surface area contributed by atoms with Gasteiger partial charge in [-0.3, -0.25) is 4.79 Å². The minimum absolute atomic E-state index is 0.0206. The fourth-order valence-corrected chi connectivity index (χ4v) is 6.21. The van der Waals surface area contributed by atoms with Gasteiger partial charge in [-0.25, -0.2) is 0 Å². The van der Waals surface area contributed by atoms with Crippen LogP contribution in [0.4, 0.5) is 0 Å². The monoisotopic (exact) mass is 670 g/mol. The van der Waals surface area contributed by atoms with Crippen molar-refractivity contribution in [3.8, 4) is 0 Å².